The summed E-state index contributed by atoms with van der Waals surface area (Å²) in [6, 6.07) is 0. The number of carbonyl (C=O) groups is 1. The van der Waals surface area contributed by atoms with Gasteiger partial charge in [-0.15, -0.1) is 11.3 Å². The van der Waals surface area contributed by atoms with Gasteiger partial charge in [0.2, 0.25) is 0 Å². The highest BCUT2D eigenvalue weighted by Crippen LogP contribution is 2.20. The third-order valence-electron chi connectivity index (χ3n) is 1.28. The molecule has 0 saturated heterocycles. The first-order valence-corrected chi connectivity index (χ1v) is 4.43. The molecule has 0 aliphatic carbocycles. The fourth-order valence-electron chi connectivity index (χ4n) is 0.774. The predicted octanol–water partition coefficient (Wildman–Crippen LogP) is 1.36. The molecule has 12 heavy (non-hydrogen) atoms. The van der Waals surface area contributed by atoms with E-state index in [0.717, 1.165) is 11.5 Å². The molecule has 0 amide bonds. The van der Waals surface area contributed by atoms with Gasteiger partial charge < -0.3 is 10.1 Å². The second-order valence-electron chi connectivity index (χ2n) is 2.05. The number of carbonyl (C=O) groups excluding carboxylic acids is 1. The van der Waals surface area contributed by atoms with Crippen molar-refractivity contribution < 1.29 is 9.53 Å². The van der Waals surface area contributed by atoms with Crippen molar-refractivity contribution in [3.8, 4) is 0 Å². The van der Waals surface area contributed by atoms with Gasteiger partial charge in [-0.1, -0.05) is 0 Å². The number of rotatable bonds is 3. The summed E-state index contributed by atoms with van der Waals surface area (Å²) in [6.45, 7) is 2.73. The van der Waals surface area contributed by atoms with E-state index < -0.39 is 5.97 Å². The van der Waals surface area contributed by atoms with Crippen LogP contribution in [0.3, 0.4) is 0 Å². The van der Waals surface area contributed by atoms with Gasteiger partial charge in [0, 0.05) is 6.54 Å². The summed E-state index contributed by atoms with van der Waals surface area (Å²) in [5, 5.41) is 3.79. The SMILES string of the molecule is CCNc1scnc1C(=O)OC. The monoisotopic (exact) mass is 186 g/mol. The van der Waals surface area contributed by atoms with Crippen LogP contribution < -0.4 is 5.32 Å². The summed E-state index contributed by atoms with van der Waals surface area (Å²) >= 11 is 1.39. The molecule has 0 unspecified atom stereocenters. The van der Waals surface area contributed by atoms with E-state index in [4.69, 9.17) is 0 Å². The fraction of sp³-hybridized carbons (Fsp3) is 0.429. The maximum Gasteiger partial charge on any atom is 0.359 e. The largest absolute Gasteiger partial charge is 0.464 e. The predicted molar refractivity (Wildman–Crippen MR) is 47.6 cm³/mol. The Morgan fingerprint density at radius 2 is 2.58 bits per heavy atom. The third-order valence-corrected chi connectivity index (χ3v) is 2.07. The van der Waals surface area contributed by atoms with E-state index in [1.165, 1.54) is 18.4 Å². The number of ether oxygens (including phenoxy) is 1. The van der Waals surface area contributed by atoms with Crippen molar-refractivity contribution in [2.45, 2.75) is 6.92 Å². The Morgan fingerprint density at radius 1 is 1.83 bits per heavy atom. The number of esters is 1. The molecule has 0 aliphatic heterocycles. The van der Waals surface area contributed by atoms with Gasteiger partial charge in [0.1, 0.15) is 5.00 Å². The number of nitrogens with one attached hydrogen (secondary N) is 1. The van der Waals surface area contributed by atoms with Gasteiger partial charge in [-0.2, -0.15) is 0 Å². The molecule has 1 aromatic heterocycles. The van der Waals surface area contributed by atoms with Crippen molar-refractivity contribution >= 4 is 22.3 Å². The van der Waals surface area contributed by atoms with Crippen molar-refractivity contribution in [1.29, 1.82) is 0 Å². The molecule has 0 bridgehead atoms. The van der Waals surface area contributed by atoms with Gasteiger partial charge >= 0.3 is 5.97 Å². The summed E-state index contributed by atoms with van der Waals surface area (Å²) in [4.78, 5) is 14.9. The minimum atomic E-state index is -0.396. The Hall–Kier alpha value is -1.10. The van der Waals surface area contributed by atoms with Crippen LogP contribution in [0.25, 0.3) is 0 Å². The smallest absolute Gasteiger partial charge is 0.359 e. The molecule has 66 valence electrons. The highest BCUT2D eigenvalue weighted by molar-refractivity contribution is 7.14. The molecule has 0 aromatic carbocycles. The van der Waals surface area contributed by atoms with Gasteiger partial charge in [-0.3, -0.25) is 0 Å². The average molecular weight is 186 g/mol. The van der Waals surface area contributed by atoms with Crippen LogP contribution in [0, 0.1) is 0 Å². The first kappa shape index (κ1) is 8.99. The highest BCUT2D eigenvalue weighted by Gasteiger charge is 2.13. The molecule has 0 atom stereocenters. The standard InChI is InChI=1S/C7H10N2O2S/c1-3-8-6-5(7(10)11-2)9-4-12-6/h4,8H,3H2,1-2H3. The van der Waals surface area contributed by atoms with Crippen LogP contribution in [0.15, 0.2) is 5.51 Å². The van der Waals surface area contributed by atoms with Crippen LogP contribution in [-0.2, 0) is 4.74 Å². The maximum atomic E-state index is 11.1. The number of anilines is 1. The topological polar surface area (TPSA) is 51.2 Å². The average Bonchev–Trinajstić information content (AvgIpc) is 2.52. The number of methoxy groups -OCH3 is 1. The molecule has 0 spiro atoms. The lowest BCUT2D eigenvalue weighted by Gasteiger charge is -2.00. The van der Waals surface area contributed by atoms with Crippen LogP contribution >= 0.6 is 11.3 Å². The fourth-order valence-corrected chi connectivity index (χ4v) is 1.51. The van der Waals surface area contributed by atoms with E-state index in [0.29, 0.717) is 5.69 Å². The van der Waals surface area contributed by atoms with Crippen LogP contribution in [0.4, 0.5) is 5.00 Å². The van der Waals surface area contributed by atoms with Crippen LogP contribution in [-0.4, -0.2) is 24.6 Å². The Morgan fingerprint density at radius 3 is 3.17 bits per heavy atom. The first-order chi connectivity index (χ1) is 5.79. The van der Waals surface area contributed by atoms with Gasteiger partial charge in [0.25, 0.3) is 0 Å². The Bertz CT molecular complexity index is 272. The number of nitrogens with zero attached hydrogens (tertiary/aromatic N) is 1. The molecule has 0 aliphatic rings. The van der Waals surface area contributed by atoms with E-state index in [1.54, 1.807) is 5.51 Å². The molecule has 1 N–H and O–H groups in total. The first-order valence-electron chi connectivity index (χ1n) is 3.55. The molecular formula is C7H10N2O2S. The lowest BCUT2D eigenvalue weighted by atomic mass is 10.4. The van der Waals surface area contributed by atoms with Crippen molar-refractivity contribution in [3.05, 3.63) is 11.2 Å². The summed E-state index contributed by atoms with van der Waals surface area (Å²) < 4.78 is 4.55. The van der Waals surface area contributed by atoms with E-state index in [9.17, 15) is 4.79 Å². The van der Waals surface area contributed by atoms with E-state index in [2.05, 4.69) is 15.0 Å². The Balaban J connectivity index is 2.83. The third kappa shape index (κ3) is 1.73. The zero-order valence-electron chi connectivity index (χ0n) is 6.96. The normalized spacial score (nSPS) is 9.50. The van der Waals surface area contributed by atoms with Crippen LogP contribution in [0.2, 0.25) is 0 Å². The minimum Gasteiger partial charge on any atom is -0.464 e. The van der Waals surface area contributed by atoms with Crippen LogP contribution in [0.1, 0.15) is 17.4 Å². The van der Waals surface area contributed by atoms with E-state index in [1.807, 2.05) is 6.92 Å². The van der Waals surface area contributed by atoms with Crippen molar-refractivity contribution in [3.63, 3.8) is 0 Å². The Kier molecular flexibility index (Phi) is 3.04. The molecule has 0 radical (unpaired) electrons. The molecule has 1 rings (SSSR count). The van der Waals surface area contributed by atoms with Gasteiger partial charge in [-0.05, 0) is 6.92 Å². The summed E-state index contributed by atoms with van der Waals surface area (Å²) in [7, 11) is 1.34. The molecule has 5 heteroatoms. The van der Waals surface area contributed by atoms with Crippen molar-refractivity contribution in [2.75, 3.05) is 19.0 Å². The zero-order chi connectivity index (χ0) is 8.97. The summed E-state index contributed by atoms with van der Waals surface area (Å²) in [5.41, 5.74) is 1.98. The van der Waals surface area contributed by atoms with Crippen LogP contribution in [0.5, 0.6) is 0 Å². The lowest BCUT2D eigenvalue weighted by Crippen LogP contribution is -2.06. The number of hydrogen-bond donors (Lipinski definition) is 1. The van der Waals surface area contributed by atoms with Gasteiger partial charge in [0.15, 0.2) is 5.69 Å². The molecule has 4 nitrogen and oxygen atoms in total. The second kappa shape index (κ2) is 4.06. The Labute approximate surface area is 74.6 Å². The molecule has 0 saturated carbocycles. The molecule has 1 heterocycles. The highest BCUT2D eigenvalue weighted by atomic mass is 32.1. The van der Waals surface area contributed by atoms with Gasteiger partial charge in [0.05, 0.1) is 12.6 Å². The molecule has 0 fully saturated rings. The van der Waals surface area contributed by atoms with E-state index in [-0.39, 0.29) is 0 Å². The van der Waals surface area contributed by atoms with E-state index >= 15 is 0 Å². The maximum absolute atomic E-state index is 11.1. The summed E-state index contributed by atoms with van der Waals surface area (Å²) in [6.07, 6.45) is 0. The quantitative estimate of drug-likeness (QED) is 0.724. The lowest BCUT2D eigenvalue weighted by molar-refractivity contribution is 0.0596. The number of hydrogen-bond acceptors (Lipinski definition) is 5. The number of aromatic nitrogens is 1. The second-order valence-corrected chi connectivity index (χ2v) is 2.91. The minimum absolute atomic E-state index is 0.365. The molecule has 1 aromatic rings. The van der Waals surface area contributed by atoms with Crippen molar-refractivity contribution in [2.24, 2.45) is 0 Å². The van der Waals surface area contributed by atoms with Gasteiger partial charge in [-0.25, -0.2) is 9.78 Å². The van der Waals surface area contributed by atoms with Crippen molar-refractivity contribution in [1.82, 2.24) is 4.98 Å². The number of thiazole rings is 1. The molecular weight excluding hydrogens is 176 g/mol. The summed E-state index contributed by atoms with van der Waals surface area (Å²) in [5.74, 6) is -0.396. The zero-order valence-corrected chi connectivity index (χ0v) is 7.77.